The molecule has 0 spiro atoms. The molecule has 2 aliphatic heterocycles. The Labute approximate surface area is 169 Å². The molecule has 2 amide bonds. The van der Waals surface area contributed by atoms with Crippen molar-refractivity contribution in [3.63, 3.8) is 0 Å². The number of hydrogen-bond acceptors (Lipinski definition) is 4. The largest absolute Gasteiger partial charge is 0.379 e. The Hall–Kier alpha value is -1.79. The molecular formula is C22H36N4O2. The molecule has 0 bridgehead atoms. The van der Waals surface area contributed by atoms with E-state index in [1.165, 1.54) is 24.9 Å². The van der Waals surface area contributed by atoms with Gasteiger partial charge in [0, 0.05) is 50.1 Å². The highest BCUT2D eigenvalue weighted by molar-refractivity contribution is 5.89. The maximum Gasteiger partial charge on any atom is 0.319 e. The van der Waals surface area contributed by atoms with E-state index in [9.17, 15) is 4.79 Å². The molecule has 6 heteroatoms. The first kappa shape index (κ1) is 20.9. The summed E-state index contributed by atoms with van der Waals surface area (Å²) in [5, 5.41) is 6.04. The number of piperidine rings is 1. The van der Waals surface area contributed by atoms with Crippen LogP contribution in [0.15, 0.2) is 24.3 Å². The summed E-state index contributed by atoms with van der Waals surface area (Å²) in [5.74, 6) is 0.597. The number of carbonyl (C=O) groups is 1. The Morgan fingerprint density at radius 2 is 1.71 bits per heavy atom. The van der Waals surface area contributed by atoms with Crippen LogP contribution >= 0.6 is 0 Å². The normalized spacial score (nSPS) is 19.5. The molecule has 2 aliphatic rings. The highest BCUT2D eigenvalue weighted by Gasteiger charge is 2.22. The zero-order valence-corrected chi connectivity index (χ0v) is 17.5. The Bertz CT molecular complexity index is 593. The summed E-state index contributed by atoms with van der Waals surface area (Å²) < 4.78 is 5.47. The summed E-state index contributed by atoms with van der Waals surface area (Å²) in [6.45, 7) is 10.8. The summed E-state index contributed by atoms with van der Waals surface area (Å²) in [7, 11) is 0. The van der Waals surface area contributed by atoms with Crippen molar-refractivity contribution in [3.8, 4) is 0 Å². The SMILES string of the molecule is CC(C)CC(CNC(=O)Nc1ccc(N2CCCCC2)cc1)N1CCOCC1. The van der Waals surface area contributed by atoms with Gasteiger partial charge in [0.25, 0.3) is 0 Å². The Morgan fingerprint density at radius 3 is 2.36 bits per heavy atom. The lowest BCUT2D eigenvalue weighted by Gasteiger charge is -2.35. The van der Waals surface area contributed by atoms with E-state index in [-0.39, 0.29) is 6.03 Å². The van der Waals surface area contributed by atoms with Gasteiger partial charge < -0.3 is 20.3 Å². The summed E-state index contributed by atoms with van der Waals surface area (Å²) in [5.41, 5.74) is 2.08. The fourth-order valence-electron chi connectivity index (χ4n) is 4.14. The van der Waals surface area contributed by atoms with Gasteiger partial charge in [0.1, 0.15) is 0 Å². The number of ether oxygens (including phenoxy) is 1. The second-order valence-electron chi connectivity index (χ2n) is 8.36. The van der Waals surface area contributed by atoms with E-state index in [1.54, 1.807) is 0 Å². The predicted octanol–water partition coefficient (Wildman–Crippen LogP) is 3.55. The number of morpholine rings is 1. The Morgan fingerprint density at radius 1 is 1.04 bits per heavy atom. The highest BCUT2D eigenvalue weighted by atomic mass is 16.5. The van der Waals surface area contributed by atoms with Gasteiger partial charge in [-0.15, -0.1) is 0 Å². The smallest absolute Gasteiger partial charge is 0.319 e. The fraction of sp³-hybridized carbons (Fsp3) is 0.682. The van der Waals surface area contributed by atoms with E-state index >= 15 is 0 Å². The minimum atomic E-state index is -0.132. The van der Waals surface area contributed by atoms with Gasteiger partial charge in [-0.05, 0) is 55.9 Å². The van der Waals surface area contributed by atoms with Crippen molar-refractivity contribution in [3.05, 3.63) is 24.3 Å². The number of urea groups is 1. The highest BCUT2D eigenvalue weighted by Crippen LogP contribution is 2.21. The number of nitrogens with zero attached hydrogens (tertiary/aromatic N) is 2. The lowest BCUT2D eigenvalue weighted by molar-refractivity contribution is 0.0130. The molecule has 0 radical (unpaired) electrons. The molecule has 156 valence electrons. The molecule has 2 N–H and O–H groups in total. The molecule has 0 aliphatic carbocycles. The lowest BCUT2D eigenvalue weighted by Crippen LogP contribution is -2.49. The molecule has 0 saturated carbocycles. The maximum atomic E-state index is 12.4. The monoisotopic (exact) mass is 388 g/mol. The van der Waals surface area contributed by atoms with E-state index in [0.29, 0.717) is 18.5 Å². The van der Waals surface area contributed by atoms with E-state index in [2.05, 4.69) is 46.4 Å². The lowest BCUT2D eigenvalue weighted by atomic mass is 10.0. The number of benzene rings is 1. The van der Waals surface area contributed by atoms with Crippen LogP contribution < -0.4 is 15.5 Å². The molecule has 1 atom stereocenters. The number of hydrogen-bond donors (Lipinski definition) is 2. The second-order valence-corrected chi connectivity index (χ2v) is 8.36. The third-order valence-corrected chi connectivity index (χ3v) is 5.65. The fourth-order valence-corrected chi connectivity index (χ4v) is 4.14. The van der Waals surface area contributed by atoms with Crippen LogP contribution in [0, 0.1) is 5.92 Å². The van der Waals surface area contributed by atoms with Crippen LogP contribution in [-0.4, -0.2) is 62.9 Å². The van der Waals surface area contributed by atoms with Crippen molar-refractivity contribution in [2.24, 2.45) is 5.92 Å². The average Bonchev–Trinajstić information content (AvgIpc) is 2.73. The molecule has 3 rings (SSSR count). The molecule has 1 aromatic carbocycles. The van der Waals surface area contributed by atoms with Crippen molar-refractivity contribution in [2.75, 3.05) is 56.2 Å². The number of nitrogens with one attached hydrogen (secondary N) is 2. The van der Waals surface area contributed by atoms with Crippen LogP contribution in [0.4, 0.5) is 16.2 Å². The van der Waals surface area contributed by atoms with Crippen molar-refractivity contribution >= 4 is 17.4 Å². The van der Waals surface area contributed by atoms with Crippen LogP contribution in [0.25, 0.3) is 0 Å². The molecule has 2 heterocycles. The van der Waals surface area contributed by atoms with Crippen LogP contribution in [0.2, 0.25) is 0 Å². The van der Waals surface area contributed by atoms with Gasteiger partial charge in [-0.1, -0.05) is 13.8 Å². The first-order chi connectivity index (χ1) is 13.6. The standard InChI is InChI=1S/C22H36N4O2/c1-18(2)16-21(26-12-14-28-15-13-26)17-23-22(27)24-19-6-8-20(9-7-19)25-10-4-3-5-11-25/h6-9,18,21H,3-5,10-17H2,1-2H3,(H2,23,24,27). The number of anilines is 2. The minimum absolute atomic E-state index is 0.132. The van der Waals surface area contributed by atoms with Gasteiger partial charge in [0.15, 0.2) is 0 Å². The van der Waals surface area contributed by atoms with Crippen LogP contribution in [0.5, 0.6) is 0 Å². The van der Waals surface area contributed by atoms with Crippen molar-refractivity contribution < 1.29 is 9.53 Å². The summed E-state index contributed by atoms with van der Waals surface area (Å²) in [6, 6.07) is 8.43. The van der Waals surface area contributed by atoms with Gasteiger partial charge in [0.05, 0.1) is 13.2 Å². The molecule has 28 heavy (non-hydrogen) atoms. The third kappa shape index (κ3) is 6.38. The minimum Gasteiger partial charge on any atom is -0.379 e. The number of rotatable bonds is 7. The van der Waals surface area contributed by atoms with Gasteiger partial charge in [-0.3, -0.25) is 4.90 Å². The summed E-state index contributed by atoms with van der Waals surface area (Å²) >= 11 is 0. The maximum absolute atomic E-state index is 12.4. The molecule has 6 nitrogen and oxygen atoms in total. The van der Waals surface area contributed by atoms with Crippen LogP contribution in [0.1, 0.15) is 39.5 Å². The average molecular weight is 389 g/mol. The van der Waals surface area contributed by atoms with Crippen molar-refractivity contribution in [2.45, 2.75) is 45.6 Å². The first-order valence-electron chi connectivity index (χ1n) is 10.8. The third-order valence-electron chi connectivity index (χ3n) is 5.65. The van der Waals surface area contributed by atoms with Crippen molar-refractivity contribution in [1.29, 1.82) is 0 Å². The Kier molecular flexibility index (Phi) is 7.98. The topological polar surface area (TPSA) is 56.8 Å². The van der Waals surface area contributed by atoms with Crippen LogP contribution in [0.3, 0.4) is 0 Å². The predicted molar refractivity (Wildman–Crippen MR) is 115 cm³/mol. The van der Waals surface area contributed by atoms with Gasteiger partial charge in [0.2, 0.25) is 0 Å². The number of amides is 2. The molecule has 2 fully saturated rings. The van der Waals surface area contributed by atoms with Crippen LogP contribution in [-0.2, 0) is 4.74 Å². The van der Waals surface area contributed by atoms with E-state index < -0.39 is 0 Å². The van der Waals surface area contributed by atoms with E-state index in [4.69, 9.17) is 4.74 Å². The molecule has 1 aromatic rings. The summed E-state index contributed by atoms with van der Waals surface area (Å²) in [6.07, 6.45) is 4.94. The van der Waals surface area contributed by atoms with E-state index in [1.807, 2.05) is 12.1 Å². The first-order valence-corrected chi connectivity index (χ1v) is 10.8. The molecule has 1 unspecified atom stereocenters. The van der Waals surface area contributed by atoms with Crippen molar-refractivity contribution in [1.82, 2.24) is 10.2 Å². The number of carbonyl (C=O) groups excluding carboxylic acids is 1. The zero-order chi connectivity index (χ0) is 19.8. The molecule has 2 saturated heterocycles. The molecule has 0 aromatic heterocycles. The summed E-state index contributed by atoms with van der Waals surface area (Å²) in [4.78, 5) is 17.3. The zero-order valence-electron chi connectivity index (χ0n) is 17.5. The van der Waals surface area contributed by atoms with Gasteiger partial charge >= 0.3 is 6.03 Å². The second kappa shape index (κ2) is 10.7. The molecular weight excluding hydrogens is 352 g/mol. The van der Waals surface area contributed by atoms with Gasteiger partial charge in [-0.2, -0.15) is 0 Å². The quantitative estimate of drug-likeness (QED) is 0.750. The Balaban J connectivity index is 1.48. The van der Waals surface area contributed by atoms with Gasteiger partial charge in [-0.25, -0.2) is 4.79 Å². The van der Waals surface area contributed by atoms with E-state index in [0.717, 1.165) is 51.5 Å².